The minimum Gasteiger partial charge on any atom is -0.501 e. The molecule has 1 aromatic carbocycles. The van der Waals surface area contributed by atoms with Crippen LogP contribution in [0.5, 0.6) is 5.75 Å². The summed E-state index contributed by atoms with van der Waals surface area (Å²) in [5, 5.41) is 16.3. The molecule has 0 spiro atoms. The summed E-state index contributed by atoms with van der Waals surface area (Å²) in [4.78, 5) is 44.3. The molecule has 210 valence electrons. The first kappa shape index (κ1) is 27.3. The normalized spacial score (nSPS) is 24.7. The number of aryl methyl sites for hydroxylation is 1. The fourth-order valence-corrected chi connectivity index (χ4v) is 7.18. The third-order valence-electron chi connectivity index (χ3n) is 8.16. The molecule has 0 unspecified atom stereocenters. The number of amides is 2. The third kappa shape index (κ3) is 5.05. The molecular formula is C26H32FN5O6S. The van der Waals surface area contributed by atoms with Crippen LogP contribution in [0.3, 0.4) is 0 Å². The number of halogens is 1. The molecule has 39 heavy (non-hydrogen) atoms. The van der Waals surface area contributed by atoms with Gasteiger partial charge in [-0.2, -0.15) is 4.31 Å². The maximum atomic E-state index is 13.6. The van der Waals surface area contributed by atoms with E-state index in [0.29, 0.717) is 56.2 Å². The Bertz CT molecular complexity index is 1500. The molecule has 11 nitrogen and oxygen atoms in total. The van der Waals surface area contributed by atoms with Crippen LogP contribution in [0.2, 0.25) is 0 Å². The Labute approximate surface area is 225 Å². The summed E-state index contributed by atoms with van der Waals surface area (Å²) in [5.41, 5.74) is -1.28. The van der Waals surface area contributed by atoms with Crippen molar-refractivity contribution in [2.75, 3.05) is 12.8 Å². The third-order valence-corrected chi connectivity index (χ3v) is 9.45. The van der Waals surface area contributed by atoms with Crippen LogP contribution in [0.1, 0.15) is 66.0 Å². The first-order chi connectivity index (χ1) is 18.4. The molecule has 3 aliphatic heterocycles. The first-order valence-electron chi connectivity index (χ1n) is 13.1. The van der Waals surface area contributed by atoms with Crippen molar-refractivity contribution in [1.29, 1.82) is 0 Å². The van der Waals surface area contributed by atoms with Crippen molar-refractivity contribution in [2.24, 2.45) is 5.92 Å². The monoisotopic (exact) mass is 561 g/mol. The highest BCUT2D eigenvalue weighted by Gasteiger charge is 2.48. The van der Waals surface area contributed by atoms with Crippen molar-refractivity contribution in [3.05, 3.63) is 57.0 Å². The van der Waals surface area contributed by atoms with E-state index in [9.17, 15) is 32.3 Å². The summed E-state index contributed by atoms with van der Waals surface area (Å²) in [6.07, 6.45) is 4.31. The molecule has 13 heteroatoms. The number of carbonyl (C=O) groups excluding carboxylic acids is 2. The van der Waals surface area contributed by atoms with Crippen molar-refractivity contribution < 1.29 is 27.5 Å². The highest BCUT2D eigenvalue weighted by atomic mass is 32.2. The van der Waals surface area contributed by atoms with E-state index in [1.807, 2.05) is 0 Å². The molecule has 2 amide bonds. The quantitative estimate of drug-likeness (QED) is 0.481. The average molecular weight is 562 g/mol. The van der Waals surface area contributed by atoms with E-state index in [0.717, 1.165) is 6.26 Å². The van der Waals surface area contributed by atoms with Gasteiger partial charge in [0.15, 0.2) is 5.69 Å². The van der Waals surface area contributed by atoms with E-state index < -0.39 is 50.4 Å². The maximum absolute atomic E-state index is 13.6. The molecule has 0 radical (unpaired) electrons. The van der Waals surface area contributed by atoms with Gasteiger partial charge in [-0.3, -0.25) is 19.0 Å². The Balaban J connectivity index is 1.47. The highest BCUT2D eigenvalue weighted by molar-refractivity contribution is 7.88. The Morgan fingerprint density at radius 2 is 1.95 bits per heavy atom. The Hall–Kier alpha value is -3.32. The summed E-state index contributed by atoms with van der Waals surface area (Å²) >= 11 is 0. The summed E-state index contributed by atoms with van der Waals surface area (Å²) in [6.45, 7) is 2.17. The van der Waals surface area contributed by atoms with Gasteiger partial charge in [-0.25, -0.2) is 17.8 Å². The number of hydrogen-bond donors (Lipinski definition) is 3. The summed E-state index contributed by atoms with van der Waals surface area (Å²) in [6, 6.07) is 3.53. The zero-order chi connectivity index (χ0) is 28.1. The van der Waals surface area contributed by atoms with Crippen LogP contribution in [-0.2, 0) is 33.4 Å². The van der Waals surface area contributed by atoms with Crippen LogP contribution < -0.4 is 16.2 Å². The van der Waals surface area contributed by atoms with Gasteiger partial charge >= 0.3 is 0 Å². The lowest BCUT2D eigenvalue weighted by molar-refractivity contribution is -0.127. The van der Waals surface area contributed by atoms with Gasteiger partial charge in [-0.1, -0.05) is 12.1 Å². The molecular weight excluding hydrogens is 529 g/mol. The van der Waals surface area contributed by atoms with E-state index in [1.165, 1.54) is 21.0 Å². The van der Waals surface area contributed by atoms with Gasteiger partial charge in [0.1, 0.15) is 17.7 Å². The van der Waals surface area contributed by atoms with Crippen LogP contribution in [0.25, 0.3) is 0 Å². The zero-order valence-corrected chi connectivity index (χ0v) is 22.7. The van der Waals surface area contributed by atoms with Gasteiger partial charge < -0.3 is 15.7 Å². The lowest BCUT2D eigenvalue weighted by Gasteiger charge is -2.38. The molecule has 1 aromatic heterocycles. The number of fused-ring (bicyclic) bond motifs is 2. The summed E-state index contributed by atoms with van der Waals surface area (Å²) < 4.78 is 40.6. The Morgan fingerprint density at radius 3 is 2.62 bits per heavy atom. The molecule has 4 heterocycles. The molecule has 6 rings (SSSR count). The smallest absolute Gasteiger partial charge is 0.296 e. The van der Waals surface area contributed by atoms with Crippen molar-refractivity contribution in [1.82, 2.24) is 24.5 Å². The first-order valence-corrected chi connectivity index (χ1v) is 14.9. The number of hydrogen-bond acceptors (Lipinski definition) is 7. The number of aromatic nitrogens is 2. The second kappa shape index (κ2) is 10.0. The molecule has 2 fully saturated rings. The van der Waals surface area contributed by atoms with Crippen molar-refractivity contribution >= 4 is 21.8 Å². The number of nitrogens with zero attached hydrogens (tertiary/aromatic N) is 3. The van der Waals surface area contributed by atoms with Crippen LogP contribution in [0.15, 0.2) is 23.0 Å². The Morgan fingerprint density at radius 1 is 1.23 bits per heavy atom. The topological polar surface area (TPSA) is 151 Å². The largest absolute Gasteiger partial charge is 0.501 e. The molecule has 1 aliphatic carbocycles. The lowest BCUT2D eigenvalue weighted by Crippen LogP contribution is -2.55. The maximum Gasteiger partial charge on any atom is 0.296 e. The second-order valence-corrected chi connectivity index (χ2v) is 12.8. The van der Waals surface area contributed by atoms with Crippen molar-refractivity contribution in [3.63, 3.8) is 0 Å². The standard InChI is InChI=1S/C26H32FN5O6S/c1-15-12-17(5-6-18(15)27)13-28-23(35)20-21(33)24(36)31-14-16-7-9-26(10-8-16,25(31)29-20)30-22(34)19-4-3-11-32(19)39(2,37)38/h5-6,12,16,19,33H,3-4,7-11,13-14H2,1-2H3,(H,28,35)(H,30,34)/t16?,19-,26?/m0/s1. The molecule has 2 bridgehead atoms. The van der Waals surface area contributed by atoms with E-state index in [1.54, 1.807) is 13.0 Å². The SMILES string of the molecule is Cc1cc(CNC(=O)c2nc3n(c(=O)c2O)CC2CCC3(NC(=O)[C@@H]3CCCN3S(C)(=O)=O)CC2)ccc1F. The van der Waals surface area contributed by atoms with Gasteiger partial charge in [0.2, 0.25) is 21.7 Å². The van der Waals surface area contributed by atoms with E-state index >= 15 is 0 Å². The van der Waals surface area contributed by atoms with Gasteiger partial charge in [0.05, 0.1) is 11.8 Å². The molecule has 4 aliphatic rings. The van der Waals surface area contributed by atoms with Crippen LogP contribution in [0, 0.1) is 18.7 Å². The number of carbonyl (C=O) groups is 2. The minimum absolute atomic E-state index is 0.0203. The van der Waals surface area contributed by atoms with Gasteiger partial charge in [0.25, 0.3) is 11.5 Å². The number of sulfonamides is 1. The molecule has 1 atom stereocenters. The number of nitrogens with one attached hydrogen (secondary N) is 2. The number of rotatable bonds is 6. The van der Waals surface area contributed by atoms with Crippen LogP contribution in [-0.4, -0.2) is 58.0 Å². The zero-order valence-electron chi connectivity index (χ0n) is 21.9. The van der Waals surface area contributed by atoms with Gasteiger partial charge in [-0.05, 0) is 68.6 Å². The van der Waals surface area contributed by atoms with E-state index in [-0.39, 0.29) is 30.6 Å². The number of benzene rings is 1. The van der Waals surface area contributed by atoms with Crippen LogP contribution in [0.4, 0.5) is 4.39 Å². The van der Waals surface area contributed by atoms with E-state index in [2.05, 4.69) is 15.6 Å². The fourth-order valence-electron chi connectivity index (χ4n) is 6.05. The highest BCUT2D eigenvalue weighted by Crippen LogP contribution is 2.43. The summed E-state index contributed by atoms with van der Waals surface area (Å²) in [7, 11) is -3.59. The lowest BCUT2D eigenvalue weighted by atomic mass is 9.77. The fraction of sp³-hybridized carbons (Fsp3) is 0.538. The molecule has 2 aromatic rings. The van der Waals surface area contributed by atoms with Gasteiger partial charge in [-0.15, -0.1) is 0 Å². The molecule has 1 saturated carbocycles. The molecule has 3 N–H and O–H groups in total. The molecule has 1 saturated heterocycles. The average Bonchev–Trinajstić information content (AvgIpc) is 3.29. The van der Waals surface area contributed by atoms with Crippen molar-refractivity contribution in [2.45, 2.75) is 70.1 Å². The minimum atomic E-state index is -3.59. The van der Waals surface area contributed by atoms with E-state index in [4.69, 9.17) is 0 Å². The number of aromatic hydroxyl groups is 1. The van der Waals surface area contributed by atoms with Gasteiger partial charge in [0, 0.05) is 19.6 Å². The predicted molar refractivity (Wildman–Crippen MR) is 139 cm³/mol. The summed E-state index contributed by atoms with van der Waals surface area (Å²) in [5.74, 6) is -2.09. The van der Waals surface area contributed by atoms with Crippen LogP contribution >= 0.6 is 0 Å². The van der Waals surface area contributed by atoms with Crippen molar-refractivity contribution in [3.8, 4) is 5.75 Å². The predicted octanol–water partition coefficient (Wildman–Crippen LogP) is 1.27. The Kier molecular flexibility index (Phi) is 7.00. The second-order valence-electron chi connectivity index (χ2n) is 10.9.